The van der Waals surface area contributed by atoms with Crippen molar-refractivity contribution in [3.63, 3.8) is 0 Å². The van der Waals surface area contributed by atoms with Gasteiger partial charge in [-0.3, -0.25) is 19.5 Å². The maximum absolute atomic E-state index is 14.1. The zero-order valence-electron chi connectivity index (χ0n) is 21.0. The van der Waals surface area contributed by atoms with Crippen molar-refractivity contribution in [1.82, 2.24) is 25.3 Å². The number of methoxy groups -OCH3 is 1. The van der Waals surface area contributed by atoms with Gasteiger partial charge in [0.2, 0.25) is 11.8 Å². The number of carbonyl (C=O) groups excluding carboxylic acids is 2. The lowest BCUT2D eigenvalue weighted by Crippen LogP contribution is -2.45. The Bertz CT molecular complexity index is 1380. The molecule has 0 aliphatic carbocycles. The maximum Gasteiger partial charge on any atom is 0.249 e. The number of benzene rings is 2. The Hall–Kier alpha value is -3.98. The Kier molecular flexibility index (Phi) is 8.35. The molecule has 2 aromatic carbocycles. The van der Waals surface area contributed by atoms with Crippen LogP contribution in [-0.2, 0) is 16.1 Å². The third-order valence-corrected chi connectivity index (χ3v) is 6.14. The molecule has 0 spiro atoms. The fourth-order valence-electron chi connectivity index (χ4n) is 4.04. The molecule has 2 aromatic heterocycles. The monoisotopic (exact) mass is 520 g/mol. The second-order valence-electron chi connectivity index (χ2n) is 8.98. The number of ether oxygens (including phenoxy) is 1. The summed E-state index contributed by atoms with van der Waals surface area (Å²) in [5, 5.41) is 11.7. The third kappa shape index (κ3) is 6.06. The fraction of sp³-hybridized carbons (Fsp3) is 0.296. The van der Waals surface area contributed by atoms with Crippen LogP contribution in [0, 0.1) is 5.92 Å². The van der Waals surface area contributed by atoms with Crippen molar-refractivity contribution < 1.29 is 14.3 Å². The van der Waals surface area contributed by atoms with Crippen LogP contribution >= 0.6 is 11.6 Å². The molecule has 2 heterocycles. The van der Waals surface area contributed by atoms with Crippen molar-refractivity contribution in [2.45, 2.75) is 32.9 Å². The Morgan fingerprint density at radius 2 is 1.95 bits per heavy atom. The molecule has 192 valence electrons. The van der Waals surface area contributed by atoms with E-state index in [1.54, 1.807) is 42.7 Å². The second kappa shape index (κ2) is 11.8. The quantitative estimate of drug-likeness (QED) is 0.332. The predicted octanol–water partition coefficient (Wildman–Crippen LogP) is 4.43. The molecule has 9 nitrogen and oxygen atoms in total. The average molecular weight is 521 g/mol. The molecule has 0 bridgehead atoms. The first-order valence-corrected chi connectivity index (χ1v) is 12.4. The number of fused-ring (bicyclic) bond motifs is 1. The number of para-hydroxylation sites is 1. The molecule has 0 aliphatic heterocycles. The SMILES string of the molecule is COc1ccc(Cl)cc1N(C(=O)Cn1nnc2ccccc21)C(C(=O)NCCC(C)C)c1cccnc1. The first-order chi connectivity index (χ1) is 17.9. The number of aromatic nitrogens is 4. The predicted molar refractivity (Wildman–Crippen MR) is 142 cm³/mol. The molecular formula is C27H29ClN6O3. The van der Waals surface area contributed by atoms with Crippen LogP contribution in [0.25, 0.3) is 11.0 Å². The van der Waals surface area contributed by atoms with Crippen molar-refractivity contribution in [2.75, 3.05) is 18.6 Å². The number of pyridine rings is 1. The molecule has 10 heteroatoms. The van der Waals surface area contributed by atoms with Gasteiger partial charge in [-0.1, -0.05) is 48.9 Å². The smallest absolute Gasteiger partial charge is 0.249 e. The standard InChI is InChI=1S/C27H29ClN6O3/c1-18(2)12-14-30-27(36)26(19-7-6-13-29-16-19)34(23-15-20(28)10-11-24(23)37-3)25(35)17-33-22-9-5-4-8-21(22)31-32-33/h4-11,13,15-16,18,26H,12,14,17H2,1-3H3,(H,30,36). The fourth-order valence-corrected chi connectivity index (χ4v) is 4.21. The minimum atomic E-state index is -1.03. The molecular weight excluding hydrogens is 492 g/mol. The minimum Gasteiger partial charge on any atom is -0.495 e. The molecule has 0 aliphatic rings. The number of hydrogen-bond donors (Lipinski definition) is 1. The summed E-state index contributed by atoms with van der Waals surface area (Å²) < 4.78 is 7.09. The molecule has 0 saturated carbocycles. The van der Waals surface area contributed by atoms with Crippen molar-refractivity contribution >= 4 is 40.1 Å². The van der Waals surface area contributed by atoms with Gasteiger partial charge in [0.25, 0.3) is 0 Å². The van der Waals surface area contributed by atoms with Crippen LogP contribution in [0.15, 0.2) is 67.0 Å². The molecule has 4 rings (SSSR count). The van der Waals surface area contributed by atoms with E-state index in [-0.39, 0.29) is 12.5 Å². The first-order valence-electron chi connectivity index (χ1n) is 12.0. The number of halogens is 1. The van der Waals surface area contributed by atoms with Crippen molar-refractivity contribution in [1.29, 1.82) is 0 Å². The number of rotatable bonds is 10. The van der Waals surface area contributed by atoms with Crippen LogP contribution in [0.4, 0.5) is 5.69 Å². The summed E-state index contributed by atoms with van der Waals surface area (Å²) >= 11 is 6.36. The lowest BCUT2D eigenvalue weighted by molar-refractivity contribution is -0.127. The Morgan fingerprint density at radius 1 is 1.14 bits per heavy atom. The molecule has 0 saturated heterocycles. The highest BCUT2D eigenvalue weighted by molar-refractivity contribution is 6.31. The van der Waals surface area contributed by atoms with Gasteiger partial charge in [-0.05, 0) is 48.7 Å². The van der Waals surface area contributed by atoms with E-state index in [4.69, 9.17) is 16.3 Å². The van der Waals surface area contributed by atoms with E-state index in [0.29, 0.717) is 45.5 Å². The Balaban J connectivity index is 1.81. The highest BCUT2D eigenvalue weighted by atomic mass is 35.5. The molecule has 1 N–H and O–H groups in total. The highest BCUT2D eigenvalue weighted by Crippen LogP contribution is 2.37. The summed E-state index contributed by atoms with van der Waals surface area (Å²) in [5.41, 5.74) is 2.27. The number of hydrogen-bond acceptors (Lipinski definition) is 6. The van der Waals surface area contributed by atoms with E-state index < -0.39 is 11.9 Å². The van der Waals surface area contributed by atoms with Gasteiger partial charge in [-0.15, -0.1) is 5.10 Å². The van der Waals surface area contributed by atoms with E-state index >= 15 is 0 Å². The summed E-state index contributed by atoms with van der Waals surface area (Å²) in [6.07, 6.45) is 3.99. The number of amides is 2. The van der Waals surface area contributed by atoms with E-state index in [1.165, 1.54) is 16.7 Å². The number of nitrogens with one attached hydrogen (secondary N) is 1. The van der Waals surface area contributed by atoms with Gasteiger partial charge < -0.3 is 10.1 Å². The number of anilines is 1. The van der Waals surface area contributed by atoms with Gasteiger partial charge in [0.05, 0.1) is 18.3 Å². The van der Waals surface area contributed by atoms with Gasteiger partial charge in [0, 0.05) is 29.5 Å². The van der Waals surface area contributed by atoms with Crippen LogP contribution in [0.5, 0.6) is 5.75 Å². The van der Waals surface area contributed by atoms with Crippen molar-refractivity contribution in [3.8, 4) is 5.75 Å². The van der Waals surface area contributed by atoms with E-state index in [1.807, 2.05) is 24.3 Å². The molecule has 2 amide bonds. The summed E-state index contributed by atoms with van der Waals surface area (Å²) in [6.45, 7) is 4.47. The normalized spacial score (nSPS) is 11.9. The van der Waals surface area contributed by atoms with Gasteiger partial charge in [-0.2, -0.15) is 0 Å². The van der Waals surface area contributed by atoms with Gasteiger partial charge >= 0.3 is 0 Å². The van der Waals surface area contributed by atoms with Crippen molar-refractivity contribution in [3.05, 3.63) is 77.6 Å². The average Bonchev–Trinajstić information content (AvgIpc) is 3.30. The lowest BCUT2D eigenvalue weighted by Gasteiger charge is -2.32. The Labute approximate surface area is 220 Å². The number of nitrogens with zero attached hydrogens (tertiary/aromatic N) is 5. The van der Waals surface area contributed by atoms with Gasteiger partial charge in [0.1, 0.15) is 23.9 Å². The molecule has 0 fully saturated rings. The molecule has 37 heavy (non-hydrogen) atoms. The van der Waals surface area contributed by atoms with Crippen LogP contribution in [0.1, 0.15) is 31.9 Å². The summed E-state index contributed by atoms with van der Waals surface area (Å²) in [4.78, 5) is 33.4. The summed E-state index contributed by atoms with van der Waals surface area (Å²) in [6, 6.07) is 14.8. The van der Waals surface area contributed by atoms with Crippen molar-refractivity contribution in [2.24, 2.45) is 5.92 Å². The van der Waals surface area contributed by atoms with E-state index in [9.17, 15) is 9.59 Å². The van der Waals surface area contributed by atoms with Gasteiger partial charge in [-0.25, -0.2) is 4.68 Å². The van der Waals surface area contributed by atoms with Crippen LogP contribution in [0.3, 0.4) is 0 Å². The van der Waals surface area contributed by atoms with Crippen LogP contribution in [0.2, 0.25) is 5.02 Å². The lowest BCUT2D eigenvalue weighted by atomic mass is 10.0. The zero-order valence-corrected chi connectivity index (χ0v) is 21.7. The van der Waals surface area contributed by atoms with Crippen LogP contribution in [-0.4, -0.2) is 45.4 Å². The minimum absolute atomic E-state index is 0.160. The molecule has 4 aromatic rings. The molecule has 1 unspecified atom stereocenters. The number of carbonyl (C=O) groups is 2. The summed E-state index contributed by atoms with van der Waals surface area (Å²) in [7, 11) is 1.50. The maximum atomic E-state index is 14.1. The molecule has 0 radical (unpaired) electrons. The zero-order chi connectivity index (χ0) is 26.4. The largest absolute Gasteiger partial charge is 0.495 e. The second-order valence-corrected chi connectivity index (χ2v) is 9.41. The third-order valence-electron chi connectivity index (χ3n) is 5.90. The van der Waals surface area contributed by atoms with E-state index in [0.717, 1.165) is 6.42 Å². The van der Waals surface area contributed by atoms with Crippen LogP contribution < -0.4 is 15.0 Å². The topological polar surface area (TPSA) is 102 Å². The highest BCUT2D eigenvalue weighted by Gasteiger charge is 2.35. The van der Waals surface area contributed by atoms with E-state index in [2.05, 4.69) is 34.5 Å². The molecule has 1 atom stereocenters. The Morgan fingerprint density at radius 3 is 2.68 bits per heavy atom. The summed E-state index contributed by atoms with van der Waals surface area (Å²) in [5.74, 6) is 0.0603. The van der Waals surface area contributed by atoms with Gasteiger partial charge in [0.15, 0.2) is 0 Å². The first kappa shape index (κ1) is 26.1.